The van der Waals surface area contributed by atoms with Gasteiger partial charge in [-0.2, -0.15) is 0 Å². The van der Waals surface area contributed by atoms with Crippen LogP contribution < -0.4 is 0 Å². The molecular formula is C33H52O13. The third-order valence-electron chi connectivity index (χ3n) is 9.14. The molecule has 262 valence electrons. The first-order valence-corrected chi connectivity index (χ1v) is 15.9. The molecule has 11 unspecified atom stereocenters. The monoisotopic (exact) mass is 656 g/mol. The van der Waals surface area contributed by atoms with Gasteiger partial charge in [0.25, 0.3) is 0 Å². The van der Waals surface area contributed by atoms with Crippen molar-refractivity contribution in [3.05, 3.63) is 34.9 Å². The van der Waals surface area contributed by atoms with E-state index < -0.39 is 98.2 Å². The fourth-order valence-electron chi connectivity index (χ4n) is 6.12. The summed E-state index contributed by atoms with van der Waals surface area (Å²) in [5.41, 5.74) is 3.65. The molecule has 46 heavy (non-hydrogen) atoms. The maximum atomic E-state index is 13.3. The summed E-state index contributed by atoms with van der Waals surface area (Å²) < 4.78 is 27.3. The molecule has 0 aromatic rings. The van der Waals surface area contributed by atoms with Crippen molar-refractivity contribution >= 4 is 11.9 Å². The van der Waals surface area contributed by atoms with E-state index in [1.54, 1.807) is 0 Å². The molecule has 0 aromatic carbocycles. The van der Waals surface area contributed by atoms with Crippen molar-refractivity contribution in [3.8, 4) is 0 Å². The van der Waals surface area contributed by atoms with Gasteiger partial charge in [-0.15, -0.1) is 0 Å². The summed E-state index contributed by atoms with van der Waals surface area (Å²) in [7, 11) is 1.27. The first-order valence-electron chi connectivity index (χ1n) is 15.9. The van der Waals surface area contributed by atoms with Crippen molar-refractivity contribution in [1.82, 2.24) is 0 Å². The molecule has 3 aliphatic rings. The van der Waals surface area contributed by atoms with Crippen LogP contribution in [0.1, 0.15) is 66.2 Å². The number of allylic oxidation sites excluding steroid dienone is 6. The van der Waals surface area contributed by atoms with Crippen LogP contribution in [0.2, 0.25) is 0 Å². The van der Waals surface area contributed by atoms with E-state index in [1.165, 1.54) is 25.2 Å². The molecule has 13 heteroatoms. The summed E-state index contributed by atoms with van der Waals surface area (Å²) in [5.74, 6) is -5.86. The van der Waals surface area contributed by atoms with Crippen LogP contribution in [0.3, 0.4) is 0 Å². The van der Waals surface area contributed by atoms with Crippen molar-refractivity contribution in [3.63, 3.8) is 0 Å². The van der Waals surface area contributed by atoms with E-state index in [4.69, 9.17) is 23.7 Å². The zero-order valence-corrected chi connectivity index (χ0v) is 27.4. The van der Waals surface area contributed by atoms with Gasteiger partial charge in [0.05, 0.1) is 31.7 Å². The first kappa shape index (κ1) is 38.2. The number of carbonyl (C=O) groups is 2. The molecule has 3 rings (SSSR count). The highest BCUT2D eigenvalue weighted by Gasteiger charge is 2.58. The van der Waals surface area contributed by atoms with E-state index in [0.29, 0.717) is 6.42 Å². The minimum Gasteiger partial charge on any atom is -0.469 e. The normalized spacial score (nSPS) is 36.6. The summed E-state index contributed by atoms with van der Waals surface area (Å²) in [4.78, 5) is 26.0. The number of carbonyl (C=O) groups excluding carboxylic acids is 2. The van der Waals surface area contributed by atoms with E-state index >= 15 is 0 Å². The first-order chi connectivity index (χ1) is 21.8. The average Bonchev–Trinajstić information content (AvgIpc) is 3.28. The molecule has 0 spiro atoms. The van der Waals surface area contributed by atoms with Crippen molar-refractivity contribution in [2.75, 3.05) is 26.9 Å². The smallest absolute Gasteiger partial charge is 0.310 e. The van der Waals surface area contributed by atoms with Crippen LogP contribution >= 0.6 is 0 Å². The van der Waals surface area contributed by atoms with Crippen molar-refractivity contribution in [2.24, 2.45) is 17.8 Å². The predicted molar refractivity (Wildman–Crippen MR) is 164 cm³/mol. The SMILES string of the molecule is COC(=O)C1CC(CC/C=C(\C)CCC=C(C)C)=CCC1C(=O)OCC1OC(OC2(CO)OC(CO)C(O)C2O)C(O)C(C)C1O. The molecule has 0 aromatic heterocycles. The molecule has 2 aliphatic heterocycles. The molecular weight excluding hydrogens is 604 g/mol. The maximum Gasteiger partial charge on any atom is 0.310 e. The maximum absolute atomic E-state index is 13.3. The van der Waals surface area contributed by atoms with E-state index in [-0.39, 0.29) is 6.42 Å². The summed E-state index contributed by atoms with van der Waals surface area (Å²) in [6.07, 6.45) is 0.342. The minimum absolute atomic E-state index is 0.273. The van der Waals surface area contributed by atoms with Crippen LogP contribution in [-0.4, -0.2) is 118 Å². The summed E-state index contributed by atoms with van der Waals surface area (Å²) in [6, 6.07) is 0. The summed E-state index contributed by atoms with van der Waals surface area (Å²) >= 11 is 0. The molecule has 0 bridgehead atoms. The highest BCUT2D eigenvalue weighted by atomic mass is 16.8. The Labute approximate surface area is 270 Å². The van der Waals surface area contributed by atoms with Crippen LogP contribution in [0.15, 0.2) is 34.9 Å². The highest BCUT2D eigenvalue weighted by molar-refractivity contribution is 5.83. The fourth-order valence-corrected chi connectivity index (χ4v) is 6.12. The Balaban J connectivity index is 1.63. The van der Waals surface area contributed by atoms with Gasteiger partial charge in [-0.3, -0.25) is 9.59 Å². The van der Waals surface area contributed by atoms with Gasteiger partial charge in [-0.1, -0.05) is 41.9 Å². The average molecular weight is 657 g/mol. The standard InChI is InChI=1S/C33H52O13/c1-18(2)8-6-9-19(3)10-7-11-21-12-13-22(23(14-21)30(40)42-5)31(41)43-16-25-26(36)20(4)27(37)32(44-25)46-33(17-35)29(39)28(38)24(15-34)45-33/h8,10,12,20,22-29,32,34-39H,6-7,9,11,13-17H2,1-5H3/b19-10+. The van der Waals surface area contributed by atoms with Crippen LogP contribution in [0.25, 0.3) is 0 Å². The third kappa shape index (κ3) is 9.24. The Kier molecular flexibility index (Phi) is 14.4. The number of aliphatic hydroxyl groups is 6. The summed E-state index contributed by atoms with van der Waals surface area (Å²) in [5, 5.41) is 61.6. The predicted octanol–water partition coefficient (Wildman–Crippen LogP) is 1.03. The van der Waals surface area contributed by atoms with Gasteiger partial charge < -0.3 is 54.3 Å². The van der Waals surface area contributed by atoms with Gasteiger partial charge in [0, 0.05) is 5.92 Å². The lowest BCUT2D eigenvalue weighted by Gasteiger charge is -2.44. The lowest BCUT2D eigenvalue weighted by molar-refractivity contribution is -0.379. The fraction of sp³-hybridized carbons (Fsp3) is 0.758. The molecule has 0 radical (unpaired) electrons. The van der Waals surface area contributed by atoms with Gasteiger partial charge in [0.15, 0.2) is 6.29 Å². The number of hydrogen-bond acceptors (Lipinski definition) is 13. The van der Waals surface area contributed by atoms with Crippen LogP contribution in [0.5, 0.6) is 0 Å². The second-order valence-electron chi connectivity index (χ2n) is 12.8. The molecule has 13 nitrogen and oxygen atoms in total. The Morgan fingerprint density at radius 3 is 2.30 bits per heavy atom. The molecule has 1 aliphatic carbocycles. The van der Waals surface area contributed by atoms with E-state index in [1.807, 2.05) is 6.08 Å². The van der Waals surface area contributed by atoms with E-state index in [0.717, 1.165) is 31.3 Å². The molecule has 2 fully saturated rings. The number of rotatable bonds is 14. The van der Waals surface area contributed by atoms with Crippen molar-refractivity contribution in [1.29, 1.82) is 0 Å². The van der Waals surface area contributed by atoms with Crippen LogP contribution in [0, 0.1) is 17.8 Å². The molecule has 2 saturated heterocycles. The topological polar surface area (TPSA) is 202 Å². The number of esters is 2. The van der Waals surface area contributed by atoms with Gasteiger partial charge in [-0.05, 0) is 59.3 Å². The van der Waals surface area contributed by atoms with E-state index in [9.17, 15) is 40.2 Å². The largest absolute Gasteiger partial charge is 0.469 e. The lowest BCUT2D eigenvalue weighted by Crippen LogP contribution is -2.60. The zero-order valence-electron chi connectivity index (χ0n) is 27.4. The number of methoxy groups -OCH3 is 1. The Morgan fingerprint density at radius 2 is 1.70 bits per heavy atom. The number of ether oxygens (including phenoxy) is 5. The minimum atomic E-state index is -2.23. The molecule has 6 N–H and O–H groups in total. The number of hydrogen-bond donors (Lipinski definition) is 6. The molecule has 0 amide bonds. The van der Waals surface area contributed by atoms with Gasteiger partial charge in [0.2, 0.25) is 5.79 Å². The Hall–Kier alpha value is -2.20. The second kappa shape index (κ2) is 17.3. The Bertz CT molecular complexity index is 1110. The van der Waals surface area contributed by atoms with Crippen LogP contribution in [0.4, 0.5) is 0 Å². The van der Waals surface area contributed by atoms with Gasteiger partial charge in [0.1, 0.15) is 43.7 Å². The molecule has 2 heterocycles. The van der Waals surface area contributed by atoms with E-state index in [2.05, 4.69) is 32.9 Å². The number of aliphatic hydroxyl groups excluding tert-OH is 6. The second-order valence-corrected chi connectivity index (χ2v) is 12.8. The quantitative estimate of drug-likeness (QED) is 0.114. The van der Waals surface area contributed by atoms with Crippen LogP contribution in [-0.2, 0) is 33.3 Å². The third-order valence-corrected chi connectivity index (χ3v) is 9.14. The zero-order chi connectivity index (χ0) is 34.2. The molecule has 11 atom stereocenters. The van der Waals surface area contributed by atoms with Gasteiger partial charge >= 0.3 is 11.9 Å². The van der Waals surface area contributed by atoms with Gasteiger partial charge in [-0.25, -0.2) is 0 Å². The molecule has 0 saturated carbocycles. The highest BCUT2D eigenvalue weighted by Crippen LogP contribution is 2.38. The van der Waals surface area contributed by atoms with Crippen molar-refractivity contribution in [2.45, 2.75) is 115 Å². The lowest BCUT2D eigenvalue weighted by atomic mass is 9.78. The Morgan fingerprint density at radius 1 is 0.978 bits per heavy atom. The van der Waals surface area contributed by atoms with Crippen molar-refractivity contribution < 1.29 is 63.9 Å². The summed E-state index contributed by atoms with van der Waals surface area (Å²) in [6.45, 7) is 5.68.